The summed E-state index contributed by atoms with van der Waals surface area (Å²) in [5, 5.41) is 0. The molecule has 1 saturated heterocycles. The molecule has 0 saturated carbocycles. The Kier molecular flexibility index (Phi) is 3.97. The van der Waals surface area contributed by atoms with E-state index in [1.807, 2.05) is 18.5 Å². The second-order valence-electron chi connectivity index (χ2n) is 5.26. The second kappa shape index (κ2) is 6.06. The summed E-state index contributed by atoms with van der Waals surface area (Å²) in [6, 6.07) is 13.1. The Morgan fingerprint density at radius 1 is 1.25 bits per heavy atom. The normalized spacial score (nSPS) is 19.1. The smallest absolute Gasteiger partial charge is 0.119 e. The van der Waals surface area contributed by atoms with Crippen molar-refractivity contribution in [3.05, 3.63) is 59.9 Å². The zero-order valence-electron chi connectivity index (χ0n) is 11.8. The highest BCUT2D eigenvalue weighted by Crippen LogP contribution is 2.33. The van der Waals surface area contributed by atoms with E-state index < -0.39 is 0 Å². The highest BCUT2D eigenvalue weighted by atomic mass is 16.5. The van der Waals surface area contributed by atoms with Crippen molar-refractivity contribution < 1.29 is 4.74 Å². The summed E-state index contributed by atoms with van der Waals surface area (Å²) in [4.78, 5) is 6.66. The lowest BCUT2D eigenvalue weighted by Crippen LogP contribution is -2.22. The van der Waals surface area contributed by atoms with Crippen LogP contribution in [0.4, 0.5) is 0 Å². The molecule has 104 valence electrons. The van der Waals surface area contributed by atoms with Crippen LogP contribution in [0.3, 0.4) is 0 Å². The minimum Gasteiger partial charge on any atom is -0.497 e. The number of aromatic nitrogens is 1. The molecular weight excluding hydrogens is 248 g/mol. The van der Waals surface area contributed by atoms with E-state index in [0.29, 0.717) is 6.04 Å². The molecule has 0 bridgehead atoms. The van der Waals surface area contributed by atoms with Crippen molar-refractivity contribution in [2.45, 2.75) is 25.4 Å². The standard InChI is InChI=1S/C17H20N2O/c1-20-16-5-2-4-14(12-16)13-19-11-3-6-17(19)15-7-9-18-10-8-15/h2,4-5,7-10,12,17H,3,6,11,13H2,1H3/t17-/m0/s1. The third-order valence-electron chi connectivity index (χ3n) is 3.97. The summed E-state index contributed by atoms with van der Waals surface area (Å²) in [6.07, 6.45) is 6.26. The van der Waals surface area contributed by atoms with Gasteiger partial charge in [-0.1, -0.05) is 12.1 Å². The summed E-state index contributed by atoms with van der Waals surface area (Å²) >= 11 is 0. The van der Waals surface area contributed by atoms with E-state index in [1.54, 1.807) is 7.11 Å². The maximum absolute atomic E-state index is 5.30. The van der Waals surface area contributed by atoms with Gasteiger partial charge in [0.05, 0.1) is 7.11 Å². The Bertz CT molecular complexity index is 556. The number of benzene rings is 1. The molecule has 2 heterocycles. The van der Waals surface area contributed by atoms with Gasteiger partial charge in [0.2, 0.25) is 0 Å². The van der Waals surface area contributed by atoms with Gasteiger partial charge in [-0.3, -0.25) is 9.88 Å². The van der Waals surface area contributed by atoms with Gasteiger partial charge in [0.1, 0.15) is 5.75 Å². The van der Waals surface area contributed by atoms with Crippen molar-refractivity contribution in [2.24, 2.45) is 0 Å². The van der Waals surface area contributed by atoms with E-state index in [-0.39, 0.29) is 0 Å². The first-order chi connectivity index (χ1) is 9.86. The molecule has 1 aromatic carbocycles. The summed E-state index contributed by atoms with van der Waals surface area (Å²) in [5.74, 6) is 0.933. The van der Waals surface area contributed by atoms with Crippen LogP contribution in [-0.4, -0.2) is 23.5 Å². The van der Waals surface area contributed by atoms with Gasteiger partial charge in [-0.2, -0.15) is 0 Å². The number of nitrogens with zero attached hydrogens (tertiary/aromatic N) is 2. The average Bonchev–Trinajstić information content (AvgIpc) is 2.96. The van der Waals surface area contributed by atoms with Crippen LogP contribution in [0.15, 0.2) is 48.8 Å². The van der Waals surface area contributed by atoms with Crippen LogP contribution in [0.2, 0.25) is 0 Å². The summed E-state index contributed by atoms with van der Waals surface area (Å²) in [5.41, 5.74) is 2.69. The van der Waals surface area contributed by atoms with Crippen molar-refractivity contribution in [1.29, 1.82) is 0 Å². The zero-order chi connectivity index (χ0) is 13.8. The minimum atomic E-state index is 0.518. The number of pyridine rings is 1. The van der Waals surface area contributed by atoms with Gasteiger partial charge >= 0.3 is 0 Å². The molecule has 0 unspecified atom stereocenters. The summed E-state index contributed by atoms with van der Waals surface area (Å²) < 4.78 is 5.30. The molecule has 0 radical (unpaired) electrons. The van der Waals surface area contributed by atoms with Crippen LogP contribution >= 0.6 is 0 Å². The third-order valence-corrected chi connectivity index (χ3v) is 3.97. The first-order valence-corrected chi connectivity index (χ1v) is 7.14. The molecule has 1 atom stereocenters. The fourth-order valence-electron chi connectivity index (χ4n) is 2.98. The molecular formula is C17H20N2O. The van der Waals surface area contributed by atoms with Gasteiger partial charge < -0.3 is 4.74 Å². The molecule has 2 aromatic rings. The predicted octanol–water partition coefficient (Wildman–Crippen LogP) is 3.43. The molecule has 3 rings (SSSR count). The van der Waals surface area contributed by atoms with Crippen LogP contribution in [0.5, 0.6) is 5.75 Å². The largest absolute Gasteiger partial charge is 0.497 e. The molecule has 0 aliphatic carbocycles. The first kappa shape index (κ1) is 13.1. The van der Waals surface area contributed by atoms with Crippen LogP contribution in [-0.2, 0) is 6.54 Å². The van der Waals surface area contributed by atoms with Crippen molar-refractivity contribution in [2.75, 3.05) is 13.7 Å². The van der Waals surface area contributed by atoms with Crippen molar-refractivity contribution in [3.8, 4) is 5.75 Å². The predicted molar refractivity (Wildman–Crippen MR) is 79.6 cm³/mol. The Balaban J connectivity index is 1.76. The van der Waals surface area contributed by atoms with E-state index in [9.17, 15) is 0 Å². The van der Waals surface area contributed by atoms with Crippen molar-refractivity contribution >= 4 is 0 Å². The Morgan fingerprint density at radius 2 is 2.10 bits per heavy atom. The van der Waals surface area contributed by atoms with Crippen LogP contribution in [0, 0.1) is 0 Å². The van der Waals surface area contributed by atoms with Crippen molar-refractivity contribution in [1.82, 2.24) is 9.88 Å². The lowest BCUT2D eigenvalue weighted by molar-refractivity contribution is 0.248. The lowest BCUT2D eigenvalue weighted by atomic mass is 10.1. The quantitative estimate of drug-likeness (QED) is 0.849. The Labute approximate surface area is 120 Å². The van der Waals surface area contributed by atoms with E-state index in [0.717, 1.165) is 18.8 Å². The molecule has 20 heavy (non-hydrogen) atoms. The average molecular weight is 268 g/mol. The SMILES string of the molecule is COc1cccc(CN2CCC[C@H]2c2ccncc2)c1. The summed E-state index contributed by atoms with van der Waals surface area (Å²) in [7, 11) is 1.72. The van der Waals surface area contributed by atoms with Crippen LogP contribution in [0.25, 0.3) is 0 Å². The molecule has 1 fully saturated rings. The molecule has 3 heteroatoms. The fraction of sp³-hybridized carbons (Fsp3) is 0.353. The number of hydrogen-bond acceptors (Lipinski definition) is 3. The lowest BCUT2D eigenvalue weighted by Gasteiger charge is -2.25. The molecule has 3 nitrogen and oxygen atoms in total. The van der Waals surface area contributed by atoms with E-state index in [2.05, 4.69) is 40.2 Å². The maximum atomic E-state index is 5.30. The molecule has 0 spiro atoms. The highest BCUT2D eigenvalue weighted by Gasteiger charge is 2.25. The number of likely N-dealkylation sites (tertiary alicyclic amines) is 1. The van der Waals surface area contributed by atoms with Crippen LogP contribution < -0.4 is 4.74 Å². The summed E-state index contributed by atoms with van der Waals surface area (Å²) in [6.45, 7) is 2.13. The van der Waals surface area contributed by atoms with Gasteiger partial charge in [0, 0.05) is 25.0 Å². The third kappa shape index (κ3) is 2.83. The van der Waals surface area contributed by atoms with Crippen molar-refractivity contribution in [3.63, 3.8) is 0 Å². The Morgan fingerprint density at radius 3 is 2.90 bits per heavy atom. The van der Waals surface area contributed by atoms with E-state index in [1.165, 1.54) is 24.0 Å². The van der Waals surface area contributed by atoms with E-state index in [4.69, 9.17) is 4.74 Å². The zero-order valence-corrected chi connectivity index (χ0v) is 11.8. The monoisotopic (exact) mass is 268 g/mol. The fourth-order valence-corrected chi connectivity index (χ4v) is 2.98. The molecule has 1 aliphatic heterocycles. The van der Waals surface area contributed by atoms with E-state index >= 15 is 0 Å². The second-order valence-corrected chi connectivity index (χ2v) is 5.26. The van der Waals surface area contributed by atoms with Gasteiger partial charge in [0.25, 0.3) is 0 Å². The topological polar surface area (TPSA) is 25.4 Å². The molecule has 1 aromatic heterocycles. The maximum Gasteiger partial charge on any atom is 0.119 e. The van der Waals surface area contributed by atoms with Gasteiger partial charge in [-0.05, 0) is 54.8 Å². The minimum absolute atomic E-state index is 0.518. The molecule has 0 amide bonds. The number of hydrogen-bond donors (Lipinski definition) is 0. The van der Waals surface area contributed by atoms with Gasteiger partial charge in [0.15, 0.2) is 0 Å². The highest BCUT2D eigenvalue weighted by molar-refractivity contribution is 5.28. The van der Waals surface area contributed by atoms with Crippen LogP contribution in [0.1, 0.15) is 30.0 Å². The number of methoxy groups -OCH3 is 1. The number of rotatable bonds is 4. The number of ether oxygens (including phenoxy) is 1. The van der Waals surface area contributed by atoms with Gasteiger partial charge in [-0.25, -0.2) is 0 Å². The Hall–Kier alpha value is -1.87. The van der Waals surface area contributed by atoms with Gasteiger partial charge in [-0.15, -0.1) is 0 Å². The molecule has 1 aliphatic rings. The molecule has 0 N–H and O–H groups in total. The first-order valence-electron chi connectivity index (χ1n) is 7.14.